The normalized spacial score (nSPS) is 17.4. The molecule has 1 aliphatic carbocycles. The van der Waals surface area contributed by atoms with E-state index in [9.17, 15) is 4.79 Å². The number of imidazole rings is 1. The summed E-state index contributed by atoms with van der Waals surface area (Å²) in [6.45, 7) is 5.33. The molecule has 0 spiro atoms. The lowest BCUT2D eigenvalue weighted by atomic mass is 10.0. The van der Waals surface area contributed by atoms with E-state index in [4.69, 9.17) is 21.1 Å². The van der Waals surface area contributed by atoms with Gasteiger partial charge in [0.15, 0.2) is 0 Å². The summed E-state index contributed by atoms with van der Waals surface area (Å²) in [5, 5.41) is 3.30. The third-order valence-electron chi connectivity index (χ3n) is 7.24. The number of carbonyl (C=O) groups excluding carboxylic acids is 1. The first-order valence-electron chi connectivity index (χ1n) is 13.2. The number of nitrogens with one attached hydrogen (secondary N) is 1. The molecule has 8 heteroatoms. The fourth-order valence-corrected chi connectivity index (χ4v) is 5.40. The number of halogens is 1. The van der Waals surface area contributed by atoms with E-state index in [0.29, 0.717) is 12.3 Å². The Bertz CT molecular complexity index is 1310. The third-order valence-corrected chi connectivity index (χ3v) is 7.51. The quantitative estimate of drug-likeness (QED) is 0.318. The van der Waals surface area contributed by atoms with Crippen molar-refractivity contribution >= 4 is 29.3 Å². The number of nitrogens with zero attached hydrogens (tertiary/aromatic N) is 3. The fraction of sp³-hybridized carbons (Fsp3) is 0.400. The first kappa shape index (κ1) is 26.3. The van der Waals surface area contributed by atoms with Gasteiger partial charge in [0, 0.05) is 42.5 Å². The highest BCUT2D eigenvalue weighted by molar-refractivity contribution is 6.17. The number of ether oxygens (including phenoxy) is 2. The van der Waals surface area contributed by atoms with Crippen LogP contribution in [0.5, 0.6) is 5.75 Å². The first-order chi connectivity index (χ1) is 18.5. The number of methoxy groups -OCH3 is 1. The molecule has 1 amide bonds. The van der Waals surface area contributed by atoms with E-state index in [2.05, 4.69) is 33.4 Å². The van der Waals surface area contributed by atoms with E-state index >= 15 is 0 Å². The fourth-order valence-electron chi connectivity index (χ4n) is 5.26. The van der Waals surface area contributed by atoms with Crippen molar-refractivity contribution in [3.05, 3.63) is 76.9 Å². The Labute approximate surface area is 229 Å². The summed E-state index contributed by atoms with van der Waals surface area (Å²) in [4.78, 5) is 20.1. The average Bonchev–Trinajstić information content (AvgIpc) is 3.56. The molecule has 2 heterocycles. The van der Waals surface area contributed by atoms with Crippen LogP contribution in [0.2, 0.25) is 0 Å². The predicted molar refractivity (Wildman–Crippen MR) is 152 cm³/mol. The van der Waals surface area contributed by atoms with Crippen molar-refractivity contribution in [3.63, 3.8) is 0 Å². The number of hydrogen-bond acceptors (Lipinski definition) is 5. The zero-order valence-electron chi connectivity index (χ0n) is 22.1. The molecule has 0 saturated carbocycles. The van der Waals surface area contributed by atoms with Gasteiger partial charge >= 0.3 is 0 Å². The number of benzene rings is 2. The SMILES string of the molecule is COc1cc(/C=C(\CCCCl)C(=O)NC2Cc3ccc(N4CCOCC4)cc3C2)ccc1-n1cnc(C)c1. The van der Waals surface area contributed by atoms with Gasteiger partial charge < -0.3 is 24.3 Å². The van der Waals surface area contributed by atoms with Crippen molar-refractivity contribution in [2.45, 2.75) is 38.6 Å². The number of carbonyl (C=O) groups is 1. The van der Waals surface area contributed by atoms with Crippen LogP contribution in [0.1, 0.15) is 35.2 Å². The summed E-state index contributed by atoms with van der Waals surface area (Å²) in [6.07, 6.45) is 8.71. The highest BCUT2D eigenvalue weighted by atomic mass is 35.5. The topological polar surface area (TPSA) is 68.6 Å². The van der Waals surface area contributed by atoms with Gasteiger partial charge in [0.05, 0.1) is 38.0 Å². The minimum atomic E-state index is -0.0328. The molecular formula is C30H35ClN4O3. The number of morpholine rings is 1. The van der Waals surface area contributed by atoms with Crippen LogP contribution >= 0.6 is 11.6 Å². The highest BCUT2D eigenvalue weighted by Gasteiger charge is 2.25. The van der Waals surface area contributed by atoms with E-state index in [-0.39, 0.29) is 11.9 Å². The summed E-state index contributed by atoms with van der Waals surface area (Å²) in [7, 11) is 1.65. The second-order valence-corrected chi connectivity index (χ2v) is 10.3. The van der Waals surface area contributed by atoms with Gasteiger partial charge in [-0.2, -0.15) is 0 Å². The summed E-state index contributed by atoms with van der Waals surface area (Å²) in [5.74, 6) is 1.19. The van der Waals surface area contributed by atoms with Gasteiger partial charge in [0.1, 0.15) is 5.75 Å². The molecule has 5 rings (SSSR count). The van der Waals surface area contributed by atoms with Crippen LogP contribution in [0.4, 0.5) is 5.69 Å². The van der Waals surface area contributed by atoms with Crippen molar-refractivity contribution in [1.82, 2.24) is 14.9 Å². The molecule has 7 nitrogen and oxygen atoms in total. The Morgan fingerprint density at radius 1 is 1.18 bits per heavy atom. The molecule has 1 aliphatic heterocycles. The van der Waals surface area contributed by atoms with E-state index < -0.39 is 0 Å². The molecule has 1 fully saturated rings. The number of aryl methyl sites for hydroxylation is 1. The average molecular weight is 535 g/mol. The number of alkyl halides is 1. The van der Waals surface area contributed by atoms with Crippen molar-refractivity contribution in [2.24, 2.45) is 0 Å². The van der Waals surface area contributed by atoms with Gasteiger partial charge in [-0.1, -0.05) is 12.1 Å². The van der Waals surface area contributed by atoms with Crippen LogP contribution in [0.3, 0.4) is 0 Å². The maximum absolute atomic E-state index is 13.4. The molecule has 38 heavy (non-hydrogen) atoms. The Kier molecular flexibility index (Phi) is 8.35. The number of amides is 1. The van der Waals surface area contributed by atoms with Crippen LogP contribution in [-0.4, -0.2) is 60.8 Å². The summed E-state index contributed by atoms with van der Waals surface area (Å²) in [5.41, 5.74) is 7.34. The standard InChI is InChI=1S/C30H35ClN4O3/c1-21-19-35(20-32-21)28-8-5-22(15-29(28)37-2)14-24(4-3-9-31)30(36)33-26-16-23-6-7-27(18-25(23)17-26)34-10-12-38-13-11-34/h5-8,14-15,18-20,26H,3-4,9-13,16-17H2,1-2H3,(H,33,36)/b24-14+. The summed E-state index contributed by atoms with van der Waals surface area (Å²) in [6, 6.07) is 12.7. The Balaban J connectivity index is 1.30. The highest BCUT2D eigenvalue weighted by Crippen LogP contribution is 2.29. The lowest BCUT2D eigenvalue weighted by Crippen LogP contribution is -2.36. The van der Waals surface area contributed by atoms with E-state index in [1.807, 2.05) is 42.0 Å². The largest absolute Gasteiger partial charge is 0.495 e. The molecule has 3 aromatic rings. The van der Waals surface area contributed by atoms with Crippen molar-refractivity contribution in [2.75, 3.05) is 44.2 Å². The van der Waals surface area contributed by atoms with Gasteiger partial charge in [-0.25, -0.2) is 4.98 Å². The molecule has 1 atom stereocenters. The monoisotopic (exact) mass is 534 g/mol. The number of hydrogen-bond donors (Lipinski definition) is 1. The van der Waals surface area contributed by atoms with Crippen LogP contribution < -0.4 is 15.0 Å². The van der Waals surface area contributed by atoms with Crippen LogP contribution in [0.15, 0.2) is 54.5 Å². The maximum Gasteiger partial charge on any atom is 0.247 e. The maximum atomic E-state index is 13.4. The first-order valence-corrected chi connectivity index (χ1v) is 13.8. The second kappa shape index (κ2) is 12.0. The number of rotatable bonds is 9. The smallest absolute Gasteiger partial charge is 0.247 e. The van der Waals surface area contributed by atoms with Crippen LogP contribution in [0, 0.1) is 6.92 Å². The Morgan fingerprint density at radius 2 is 2.00 bits per heavy atom. The Hall–Kier alpha value is -3.29. The van der Waals surface area contributed by atoms with E-state index in [1.54, 1.807) is 13.4 Å². The zero-order valence-corrected chi connectivity index (χ0v) is 22.8. The molecule has 200 valence electrons. The lowest BCUT2D eigenvalue weighted by Gasteiger charge is -2.29. The molecule has 2 aliphatic rings. The van der Waals surface area contributed by atoms with Gasteiger partial charge in [-0.3, -0.25) is 4.79 Å². The van der Waals surface area contributed by atoms with Crippen molar-refractivity contribution < 1.29 is 14.3 Å². The van der Waals surface area contributed by atoms with E-state index in [0.717, 1.165) is 73.8 Å². The molecule has 0 bridgehead atoms. The molecule has 2 aromatic carbocycles. The Morgan fingerprint density at radius 3 is 2.74 bits per heavy atom. The van der Waals surface area contributed by atoms with E-state index in [1.165, 1.54) is 16.8 Å². The zero-order chi connectivity index (χ0) is 26.5. The predicted octanol–water partition coefficient (Wildman–Crippen LogP) is 4.71. The summed E-state index contributed by atoms with van der Waals surface area (Å²) < 4.78 is 13.1. The third kappa shape index (κ3) is 6.05. The van der Waals surface area contributed by atoms with Crippen molar-refractivity contribution in [3.8, 4) is 11.4 Å². The van der Waals surface area contributed by atoms with Gasteiger partial charge in [-0.05, 0) is 79.6 Å². The second-order valence-electron chi connectivity index (χ2n) is 9.95. The molecule has 0 radical (unpaired) electrons. The minimum Gasteiger partial charge on any atom is -0.495 e. The van der Waals surface area contributed by atoms with Crippen molar-refractivity contribution in [1.29, 1.82) is 0 Å². The minimum absolute atomic E-state index is 0.0328. The molecule has 1 unspecified atom stereocenters. The summed E-state index contributed by atoms with van der Waals surface area (Å²) >= 11 is 6.00. The molecule has 1 N–H and O–H groups in total. The van der Waals surface area contributed by atoms with Gasteiger partial charge in [0.25, 0.3) is 0 Å². The number of fused-ring (bicyclic) bond motifs is 1. The molecule has 1 aromatic heterocycles. The molecule has 1 saturated heterocycles. The van der Waals surface area contributed by atoms with Crippen LogP contribution in [-0.2, 0) is 22.4 Å². The number of anilines is 1. The lowest BCUT2D eigenvalue weighted by molar-refractivity contribution is -0.118. The molecular weight excluding hydrogens is 500 g/mol. The number of aromatic nitrogens is 2. The van der Waals surface area contributed by atoms with Gasteiger partial charge in [-0.15, -0.1) is 11.6 Å². The van der Waals surface area contributed by atoms with Crippen LogP contribution in [0.25, 0.3) is 11.8 Å². The van der Waals surface area contributed by atoms with Gasteiger partial charge in [0.2, 0.25) is 5.91 Å².